The van der Waals surface area contributed by atoms with Gasteiger partial charge in [-0.25, -0.2) is 0 Å². The molecule has 4 N–H and O–H groups in total. The van der Waals surface area contributed by atoms with Crippen LogP contribution in [0.3, 0.4) is 0 Å². The van der Waals surface area contributed by atoms with Gasteiger partial charge in [-0.2, -0.15) is 0 Å². The first-order chi connectivity index (χ1) is 7.04. The maximum atomic E-state index is 11.4. The lowest BCUT2D eigenvalue weighted by Gasteiger charge is -2.10. The Labute approximate surface area is 89.1 Å². The van der Waals surface area contributed by atoms with E-state index in [9.17, 15) is 9.90 Å². The van der Waals surface area contributed by atoms with Crippen LogP contribution in [0.1, 0.15) is 18.9 Å². The number of aryl methyl sites for hydroxylation is 1. The summed E-state index contributed by atoms with van der Waals surface area (Å²) in [7, 11) is 0. The van der Waals surface area contributed by atoms with Crippen LogP contribution in [0.5, 0.6) is 5.75 Å². The van der Waals surface area contributed by atoms with Gasteiger partial charge in [0.2, 0.25) is 5.91 Å². The Morgan fingerprint density at radius 2 is 2.27 bits per heavy atom. The van der Waals surface area contributed by atoms with Crippen LogP contribution in [0, 0.1) is 6.92 Å². The number of anilines is 1. The summed E-state index contributed by atoms with van der Waals surface area (Å²) in [6, 6.07) is 4.47. The normalized spacial score (nSPS) is 12.2. The predicted molar refractivity (Wildman–Crippen MR) is 59.7 cm³/mol. The van der Waals surface area contributed by atoms with Gasteiger partial charge in [-0.05, 0) is 25.0 Å². The second-order valence-corrected chi connectivity index (χ2v) is 3.51. The second-order valence-electron chi connectivity index (χ2n) is 3.51. The highest BCUT2D eigenvalue weighted by molar-refractivity contribution is 5.94. The summed E-state index contributed by atoms with van der Waals surface area (Å²) in [6.45, 7) is 3.63. The van der Waals surface area contributed by atoms with Gasteiger partial charge < -0.3 is 16.2 Å². The first-order valence-corrected chi connectivity index (χ1v) is 4.90. The molecule has 0 aromatic heterocycles. The largest absolute Gasteiger partial charge is 0.508 e. The molecular weight excluding hydrogens is 192 g/mol. The molecule has 0 bridgehead atoms. The molecule has 1 aromatic rings. The summed E-state index contributed by atoms with van der Waals surface area (Å²) in [6.07, 6.45) is 0.587. The zero-order valence-corrected chi connectivity index (χ0v) is 8.95. The number of hydrogen-bond donors (Lipinski definition) is 3. The Bertz CT molecular complexity index is 364. The van der Waals surface area contributed by atoms with Gasteiger partial charge in [-0.3, -0.25) is 4.79 Å². The Balaban J connectivity index is 2.73. The van der Waals surface area contributed by atoms with Gasteiger partial charge in [-0.15, -0.1) is 0 Å². The van der Waals surface area contributed by atoms with Crippen molar-refractivity contribution in [3.8, 4) is 5.75 Å². The van der Waals surface area contributed by atoms with Crippen molar-refractivity contribution in [3.05, 3.63) is 23.8 Å². The monoisotopic (exact) mass is 208 g/mol. The van der Waals surface area contributed by atoms with Gasteiger partial charge in [0.1, 0.15) is 5.75 Å². The van der Waals surface area contributed by atoms with Crippen molar-refractivity contribution < 1.29 is 9.90 Å². The van der Waals surface area contributed by atoms with Crippen LogP contribution in [-0.2, 0) is 4.79 Å². The molecule has 4 heteroatoms. The van der Waals surface area contributed by atoms with Gasteiger partial charge in [0.15, 0.2) is 0 Å². The molecule has 0 radical (unpaired) electrons. The number of rotatable bonds is 3. The minimum Gasteiger partial charge on any atom is -0.508 e. The van der Waals surface area contributed by atoms with E-state index in [1.165, 1.54) is 6.07 Å². The van der Waals surface area contributed by atoms with Crippen LogP contribution >= 0.6 is 0 Å². The number of nitrogens with one attached hydrogen (secondary N) is 1. The predicted octanol–water partition coefficient (Wildman–Crippen LogP) is 1.38. The van der Waals surface area contributed by atoms with E-state index in [0.29, 0.717) is 12.1 Å². The van der Waals surface area contributed by atoms with E-state index in [1.807, 2.05) is 6.92 Å². The first kappa shape index (κ1) is 11.5. The molecule has 0 fully saturated rings. The average Bonchev–Trinajstić information content (AvgIpc) is 2.22. The molecule has 0 spiro atoms. The number of phenolic OH excluding ortho intramolecular Hbond substituents is 1. The van der Waals surface area contributed by atoms with E-state index >= 15 is 0 Å². The number of hydrogen-bond acceptors (Lipinski definition) is 3. The van der Waals surface area contributed by atoms with E-state index in [0.717, 1.165) is 5.56 Å². The van der Waals surface area contributed by atoms with Crippen LogP contribution in [0.2, 0.25) is 0 Å². The molecule has 1 amide bonds. The van der Waals surface area contributed by atoms with Crippen molar-refractivity contribution in [1.29, 1.82) is 0 Å². The number of benzene rings is 1. The smallest absolute Gasteiger partial charge is 0.241 e. The third-order valence-corrected chi connectivity index (χ3v) is 2.25. The molecule has 82 valence electrons. The molecule has 1 aromatic carbocycles. The zero-order valence-electron chi connectivity index (χ0n) is 8.95. The number of nitrogens with two attached hydrogens (primary N) is 1. The molecule has 1 rings (SSSR count). The van der Waals surface area contributed by atoms with Crippen molar-refractivity contribution >= 4 is 11.6 Å². The summed E-state index contributed by atoms with van der Waals surface area (Å²) >= 11 is 0. The van der Waals surface area contributed by atoms with Gasteiger partial charge in [0.05, 0.1) is 6.04 Å². The highest BCUT2D eigenvalue weighted by Crippen LogP contribution is 2.20. The van der Waals surface area contributed by atoms with Gasteiger partial charge in [-0.1, -0.05) is 13.0 Å². The minimum atomic E-state index is -0.506. The zero-order chi connectivity index (χ0) is 11.4. The Kier molecular flexibility index (Phi) is 3.68. The van der Waals surface area contributed by atoms with E-state index in [4.69, 9.17) is 5.73 Å². The molecule has 0 saturated heterocycles. The van der Waals surface area contributed by atoms with E-state index < -0.39 is 6.04 Å². The fraction of sp³-hybridized carbons (Fsp3) is 0.364. The SMILES string of the molecule is CC[C@H](N)C(=O)Nc1ccc(C)c(O)c1. The Morgan fingerprint density at radius 3 is 2.80 bits per heavy atom. The molecule has 15 heavy (non-hydrogen) atoms. The highest BCUT2D eigenvalue weighted by Gasteiger charge is 2.11. The quantitative estimate of drug-likeness (QED) is 0.702. The van der Waals surface area contributed by atoms with Crippen LogP contribution in [0.25, 0.3) is 0 Å². The third-order valence-electron chi connectivity index (χ3n) is 2.25. The van der Waals surface area contributed by atoms with Crippen molar-refractivity contribution in [2.45, 2.75) is 26.3 Å². The fourth-order valence-electron chi connectivity index (χ4n) is 1.11. The van der Waals surface area contributed by atoms with E-state index in [1.54, 1.807) is 19.1 Å². The fourth-order valence-corrected chi connectivity index (χ4v) is 1.11. The second kappa shape index (κ2) is 4.79. The third kappa shape index (κ3) is 2.95. The number of carbonyl (C=O) groups excluding carboxylic acids is 1. The maximum absolute atomic E-state index is 11.4. The van der Waals surface area contributed by atoms with Gasteiger partial charge in [0, 0.05) is 11.8 Å². The molecule has 4 nitrogen and oxygen atoms in total. The van der Waals surface area contributed by atoms with Gasteiger partial charge >= 0.3 is 0 Å². The Hall–Kier alpha value is -1.55. The molecule has 0 aliphatic heterocycles. The molecule has 0 saturated carbocycles. The molecule has 0 unspecified atom stereocenters. The van der Waals surface area contributed by atoms with Crippen LogP contribution in [-0.4, -0.2) is 17.1 Å². The summed E-state index contributed by atoms with van der Waals surface area (Å²) in [4.78, 5) is 11.4. The minimum absolute atomic E-state index is 0.165. The van der Waals surface area contributed by atoms with Gasteiger partial charge in [0.25, 0.3) is 0 Å². The molecule has 0 heterocycles. The number of aromatic hydroxyl groups is 1. The lowest BCUT2D eigenvalue weighted by Crippen LogP contribution is -2.34. The summed E-state index contributed by atoms with van der Waals surface area (Å²) in [5.74, 6) is -0.0707. The Morgan fingerprint density at radius 1 is 1.60 bits per heavy atom. The number of phenols is 1. The number of carbonyl (C=O) groups is 1. The number of amides is 1. The molecule has 0 aliphatic rings. The van der Waals surface area contributed by atoms with Crippen molar-refractivity contribution in [2.75, 3.05) is 5.32 Å². The van der Waals surface area contributed by atoms with E-state index in [2.05, 4.69) is 5.32 Å². The van der Waals surface area contributed by atoms with Crippen LogP contribution in [0.15, 0.2) is 18.2 Å². The summed E-state index contributed by atoms with van der Waals surface area (Å²) in [5.41, 5.74) is 6.89. The topological polar surface area (TPSA) is 75.4 Å². The summed E-state index contributed by atoms with van der Waals surface area (Å²) < 4.78 is 0. The maximum Gasteiger partial charge on any atom is 0.241 e. The average molecular weight is 208 g/mol. The van der Waals surface area contributed by atoms with E-state index in [-0.39, 0.29) is 11.7 Å². The standard InChI is InChI=1S/C11H16N2O2/c1-3-9(12)11(15)13-8-5-4-7(2)10(14)6-8/h4-6,9,14H,3,12H2,1-2H3,(H,13,15)/t9-/m0/s1. The van der Waals surface area contributed by atoms with Crippen LogP contribution in [0.4, 0.5) is 5.69 Å². The highest BCUT2D eigenvalue weighted by atomic mass is 16.3. The lowest BCUT2D eigenvalue weighted by atomic mass is 10.2. The first-order valence-electron chi connectivity index (χ1n) is 4.90. The molecular formula is C11H16N2O2. The van der Waals surface area contributed by atoms with Crippen molar-refractivity contribution in [1.82, 2.24) is 0 Å². The van der Waals surface area contributed by atoms with Crippen LogP contribution < -0.4 is 11.1 Å². The van der Waals surface area contributed by atoms with Crippen molar-refractivity contribution in [2.24, 2.45) is 5.73 Å². The molecule has 1 atom stereocenters. The molecule has 0 aliphatic carbocycles. The lowest BCUT2D eigenvalue weighted by molar-refractivity contribution is -0.117. The van der Waals surface area contributed by atoms with Crippen molar-refractivity contribution in [3.63, 3.8) is 0 Å². The summed E-state index contributed by atoms with van der Waals surface area (Å²) in [5, 5.41) is 12.1.